The average Bonchev–Trinajstić information content (AvgIpc) is 2.28. The zero-order valence-electron chi connectivity index (χ0n) is 51.7. The number of nitrogens with one attached hydrogen (secondary N) is 4. The molecule has 0 spiro atoms. The molecule has 4 amide bonds. The minimum atomic E-state index is -1.48. The van der Waals surface area contributed by atoms with Gasteiger partial charge in [0, 0.05) is 18.7 Å². The zero-order valence-corrected chi connectivity index (χ0v) is 52.6. The third-order valence-electron chi connectivity index (χ3n) is 12.3. The highest BCUT2D eigenvalue weighted by Crippen LogP contribution is 2.19. The third-order valence-corrected chi connectivity index (χ3v) is 12.3. The number of amides is 4. The molecule has 29 heteroatoms. The summed E-state index contributed by atoms with van der Waals surface area (Å²) in [4.78, 5) is 78.1. The first-order valence-electron chi connectivity index (χ1n) is 29.0. The number of aliphatic imine (C=N–C) groups is 1. The second-order valence-electron chi connectivity index (χ2n) is 22.0. The van der Waals surface area contributed by atoms with Gasteiger partial charge in [-0.05, 0) is 110 Å². The predicted molar refractivity (Wildman–Crippen MR) is 335 cm³/mol. The van der Waals surface area contributed by atoms with Crippen molar-refractivity contribution in [1.82, 2.24) is 61.7 Å². The summed E-state index contributed by atoms with van der Waals surface area (Å²) in [6.45, 7) is 13.3. The number of tetrazole rings is 2. The molecule has 2 atom stereocenters. The van der Waals surface area contributed by atoms with Crippen LogP contribution >= 0.6 is 12.4 Å². The zero-order chi connectivity index (χ0) is 64.5. The number of carbonyl (C=O) groups is 6. The van der Waals surface area contributed by atoms with E-state index in [1.807, 2.05) is 72.8 Å². The van der Waals surface area contributed by atoms with E-state index in [1.54, 1.807) is 83.1 Å². The van der Waals surface area contributed by atoms with Crippen molar-refractivity contribution in [2.24, 2.45) is 10.7 Å². The second kappa shape index (κ2) is 39.8. The number of benzene rings is 4. The number of hydrogen-bond donors (Lipinski definition) is 5. The first-order chi connectivity index (χ1) is 42.6. The topological polar surface area (TPSA) is 364 Å². The fraction of sp³-hybridized carbons (Fsp3) is 0.468. The lowest BCUT2D eigenvalue weighted by Gasteiger charge is -2.32. The maximum Gasteiger partial charge on any atom is 0.407 e. The quantitative estimate of drug-likeness (QED) is 0.0105. The van der Waals surface area contributed by atoms with Gasteiger partial charge in [-0.2, -0.15) is 0 Å². The molecule has 2 aromatic heterocycles. The number of rotatable bonds is 33. The van der Waals surface area contributed by atoms with Crippen molar-refractivity contribution < 1.29 is 67.0 Å². The number of esters is 2. The summed E-state index contributed by atoms with van der Waals surface area (Å²) in [7, 11) is 0. The molecule has 6 N–H and O–H groups in total. The summed E-state index contributed by atoms with van der Waals surface area (Å²) in [6.07, 6.45) is 0.242. The Balaban J connectivity index is 0.000000470. The fourth-order valence-electron chi connectivity index (χ4n) is 7.61. The lowest BCUT2D eigenvalue weighted by molar-refractivity contribution is -0.261. The molecule has 6 rings (SSSR count). The van der Waals surface area contributed by atoms with Crippen molar-refractivity contribution in [3.63, 3.8) is 0 Å². The van der Waals surface area contributed by atoms with Gasteiger partial charge in [0.1, 0.15) is 36.9 Å². The average molecular weight is 1290 g/mol. The number of halogens is 1. The van der Waals surface area contributed by atoms with Crippen molar-refractivity contribution >= 4 is 54.4 Å². The molecule has 2 heterocycles. The van der Waals surface area contributed by atoms with Crippen LogP contribution in [0.3, 0.4) is 0 Å². The van der Waals surface area contributed by atoms with Crippen molar-refractivity contribution in [3.05, 3.63) is 155 Å². The van der Waals surface area contributed by atoms with Crippen LogP contribution < -0.4 is 32.1 Å². The minimum absolute atomic E-state index is 0. The van der Waals surface area contributed by atoms with Gasteiger partial charge in [0.25, 0.3) is 0 Å². The van der Waals surface area contributed by atoms with E-state index < -0.39 is 64.8 Å². The third kappa shape index (κ3) is 29.4. The van der Waals surface area contributed by atoms with Gasteiger partial charge < -0.3 is 65.3 Å². The van der Waals surface area contributed by atoms with Gasteiger partial charge in [-0.1, -0.05) is 125 Å². The molecule has 0 radical (unpaired) electrons. The van der Waals surface area contributed by atoms with Gasteiger partial charge >= 0.3 is 24.1 Å². The molecule has 0 unspecified atom stereocenters. The molecule has 28 nitrogen and oxygen atoms in total. The van der Waals surface area contributed by atoms with E-state index in [0.717, 1.165) is 11.1 Å². The van der Waals surface area contributed by atoms with Gasteiger partial charge in [-0.15, -0.1) is 22.6 Å². The number of aromatic nitrogens is 8. The van der Waals surface area contributed by atoms with Crippen molar-refractivity contribution in [2.75, 3.05) is 52.7 Å². The van der Waals surface area contributed by atoms with E-state index in [1.165, 1.54) is 23.2 Å². The maximum absolute atomic E-state index is 13.3. The number of hydrogen-bond acceptors (Lipinski definition) is 22. The van der Waals surface area contributed by atoms with Crippen molar-refractivity contribution in [3.8, 4) is 0 Å². The van der Waals surface area contributed by atoms with E-state index in [-0.39, 0.29) is 91.0 Å². The molecule has 0 saturated heterocycles. The van der Waals surface area contributed by atoms with Crippen LogP contribution in [-0.2, 0) is 69.1 Å². The molecule has 0 aliphatic heterocycles. The highest BCUT2D eigenvalue weighted by atomic mass is 35.5. The molecule has 496 valence electrons. The Kier molecular flexibility index (Phi) is 33.3. The monoisotopic (exact) mass is 1290 g/mol. The van der Waals surface area contributed by atoms with Gasteiger partial charge in [0.15, 0.2) is 11.6 Å². The summed E-state index contributed by atoms with van der Waals surface area (Å²) in [5.41, 5.74) is 5.46. The number of alkyl carbamates (subject to hydrolysis) is 2. The van der Waals surface area contributed by atoms with Crippen LogP contribution in [0.1, 0.15) is 137 Å². The Hall–Kier alpha value is -9.12. The van der Waals surface area contributed by atoms with E-state index in [2.05, 4.69) is 57.3 Å². The number of carbonyl (C=O) groups excluding carboxylic acids is 6. The molecule has 0 aliphatic carbocycles. The smallest absolute Gasteiger partial charge is 0.407 e. The van der Waals surface area contributed by atoms with Crippen LogP contribution in [0, 0.1) is 0 Å². The van der Waals surface area contributed by atoms with Gasteiger partial charge in [0.2, 0.25) is 11.8 Å². The van der Waals surface area contributed by atoms with Crippen LogP contribution in [0.25, 0.3) is 0 Å². The highest BCUT2D eigenvalue weighted by molar-refractivity contribution is 5.90. The predicted octanol–water partition coefficient (Wildman–Crippen LogP) is 5.93. The molecule has 0 aliphatic rings. The standard InChI is InChI=1S/C33H45N7O8.C28H37N7O6.CH4.ClH/c1-32(2,3)48-31(44)36-33(4,5)29(42)35-26(23-45-22-24-14-8-6-9-15-24)27-37-38-39-40(27)19-21-47-30(43)34-18-12-13-20-46-28(41)25-16-10-7-11-17-25;1-28(2,29)26(37)31-23(20-39-19-21-11-5-3-6-12-21)24-32-33-34-35(24)16-18-41-27(38)30-15-9-10-17-40-25(36)22-13-7-4-8-14-22;;/h6-11,14-17,26H,12-13,18-23H2,1-5H3,(H,34,43)(H,35,42)(H,36,44);3-8,11-14,23H,9-10,15-20,29H2,1-2H3,(H,30,38)(H,31,37);1H4;1H/p-1/t26-;23-;;/m11../s1. The SMILES string of the molecule is C.CC(C)(C)OC([O-])=NC(C)(C)C(=O)N[C@H](COCc1ccccc1)c1nnnn1CCOC(=O)NCCCCOC(=O)c1ccccc1.CC(C)(N)C(=O)N[C@H](COCc1ccccc1)c1nnnn1CCOC(=O)NCCCCOC(=O)c1ccccc1.Cl. The molecular formula is C62H86ClN14O14-. The largest absolute Gasteiger partial charge is 0.595 e. The second-order valence-corrected chi connectivity index (χ2v) is 22.0. The number of unbranched alkanes of at least 4 members (excludes halogenated alkanes) is 2. The normalized spacial score (nSPS) is 12.0. The Morgan fingerprint density at radius 3 is 1.32 bits per heavy atom. The molecule has 0 fully saturated rings. The van der Waals surface area contributed by atoms with Crippen LogP contribution in [0.15, 0.2) is 126 Å². The van der Waals surface area contributed by atoms with Gasteiger partial charge in [-0.3, -0.25) is 14.6 Å². The summed E-state index contributed by atoms with van der Waals surface area (Å²) >= 11 is 0. The lowest BCUT2D eigenvalue weighted by atomic mass is 10.1. The first kappa shape index (κ1) is 76.1. The van der Waals surface area contributed by atoms with Crippen molar-refractivity contribution in [1.29, 1.82) is 0 Å². The Morgan fingerprint density at radius 2 is 0.934 bits per heavy atom. The van der Waals surface area contributed by atoms with E-state index in [9.17, 15) is 33.9 Å². The summed E-state index contributed by atoms with van der Waals surface area (Å²) in [5.74, 6) is -1.17. The lowest BCUT2D eigenvalue weighted by Crippen LogP contribution is -2.51. The first-order valence-corrected chi connectivity index (χ1v) is 29.0. The molecule has 0 bridgehead atoms. The van der Waals surface area contributed by atoms with Gasteiger partial charge in [-0.25, -0.2) is 28.5 Å². The highest BCUT2D eigenvalue weighted by Gasteiger charge is 2.32. The van der Waals surface area contributed by atoms with Crippen LogP contribution in [0.5, 0.6) is 0 Å². The van der Waals surface area contributed by atoms with Crippen molar-refractivity contribution in [2.45, 2.75) is 137 Å². The number of nitrogens with two attached hydrogens (primary N) is 1. The number of ether oxygens (including phenoxy) is 7. The van der Waals surface area contributed by atoms with Gasteiger partial charge in [0.05, 0.1) is 69.4 Å². The number of nitrogens with zero attached hydrogens (tertiary/aromatic N) is 9. The van der Waals surface area contributed by atoms with Crippen LogP contribution in [-0.4, -0.2) is 152 Å². The Morgan fingerprint density at radius 1 is 0.549 bits per heavy atom. The molecule has 0 saturated carbocycles. The molecule has 6 aromatic rings. The molecule has 91 heavy (non-hydrogen) atoms. The minimum Gasteiger partial charge on any atom is -0.595 e. The fourth-order valence-corrected chi connectivity index (χ4v) is 7.61. The Labute approximate surface area is 536 Å². The van der Waals surface area contributed by atoms with Crippen LogP contribution in [0.4, 0.5) is 9.59 Å². The molecular weight excluding hydrogens is 1200 g/mol. The van der Waals surface area contributed by atoms with E-state index in [0.29, 0.717) is 62.3 Å². The summed E-state index contributed by atoms with van der Waals surface area (Å²) < 4.78 is 40.8. The van der Waals surface area contributed by atoms with E-state index in [4.69, 9.17) is 38.9 Å². The summed E-state index contributed by atoms with van der Waals surface area (Å²) in [6, 6.07) is 35.0. The van der Waals surface area contributed by atoms with E-state index >= 15 is 0 Å². The Bertz CT molecular complexity index is 3130. The maximum atomic E-state index is 13.3. The summed E-state index contributed by atoms with van der Waals surface area (Å²) in [5, 5.41) is 46.9. The molecule has 4 aromatic carbocycles. The van der Waals surface area contributed by atoms with Crippen LogP contribution in [0.2, 0.25) is 0 Å².